The molecule has 0 fully saturated rings. The molecule has 0 rings (SSSR count). The van der Waals surface area contributed by atoms with E-state index in [1.807, 2.05) is 0 Å². The molecule has 0 saturated heterocycles. The van der Waals surface area contributed by atoms with Gasteiger partial charge in [-0.3, -0.25) is 0 Å². The Kier molecular flexibility index (Phi) is 5.80. The average Bonchev–Trinajstić information content (AvgIpc) is 2.14. The molecule has 4 nitrogen and oxygen atoms in total. The van der Waals surface area contributed by atoms with Crippen LogP contribution < -0.4 is 0 Å². The van der Waals surface area contributed by atoms with Crippen molar-refractivity contribution in [2.24, 2.45) is 0 Å². The summed E-state index contributed by atoms with van der Waals surface area (Å²) < 4.78 is 0. The minimum absolute atomic E-state index is 0.0299. The zero-order valence-corrected chi connectivity index (χ0v) is 9.66. The Labute approximate surface area is 90.7 Å². The number of hydrogen-bond donors (Lipinski definition) is 3. The van der Waals surface area contributed by atoms with Crippen molar-refractivity contribution >= 4 is 7.28 Å². The number of rotatable bonds is 7. The molecule has 0 radical (unpaired) electrons. The maximum absolute atomic E-state index is 9.52. The summed E-state index contributed by atoms with van der Waals surface area (Å²) in [4.78, 5) is 28.6. The molecule has 0 atom stereocenters. The number of nitrogens with zero attached hydrogens (tertiary/aromatic N) is 1. The SMILES string of the molecule is C#CCCCCCP(O)(O)(O)CCC#N. The molecular formula is C10H18NO3P. The molecule has 15 heavy (non-hydrogen) atoms. The van der Waals surface area contributed by atoms with E-state index in [0.29, 0.717) is 12.8 Å². The second kappa shape index (κ2) is 6.05. The molecule has 0 aromatic carbocycles. The molecule has 0 aromatic heterocycles. The fraction of sp³-hybridized carbons (Fsp3) is 0.700. The normalized spacial score (nSPS) is 13.5. The van der Waals surface area contributed by atoms with Gasteiger partial charge in [-0.2, -0.15) is 0 Å². The predicted octanol–water partition coefficient (Wildman–Crippen LogP) is 1.37. The van der Waals surface area contributed by atoms with Crippen LogP contribution in [-0.4, -0.2) is 27.0 Å². The van der Waals surface area contributed by atoms with Crippen molar-refractivity contribution in [2.75, 3.05) is 12.3 Å². The van der Waals surface area contributed by atoms with E-state index in [9.17, 15) is 14.7 Å². The molecule has 5 heteroatoms. The molecule has 0 aliphatic heterocycles. The molecular weight excluding hydrogens is 213 g/mol. The Morgan fingerprint density at radius 3 is 2.20 bits per heavy atom. The van der Waals surface area contributed by atoms with Gasteiger partial charge in [0.2, 0.25) is 0 Å². The van der Waals surface area contributed by atoms with Gasteiger partial charge in [-0.15, -0.1) is 0 Å². The summed E-state index contributed by atoms with van der Waals surface area (Å²) >= 11 is 0. The molecule has 0 heterocycles. The van der Waals surface area contributed by atoms with E-state index in [-0.39, 0.29) is 18.7 Å². The van der Waals surface area contributed by atoms with Gasteiger partial charge in [0.05, 0.1) is 0 Å². The zero-order chi connectivity index (χ0) is 11.8. The molecule has 0 aromatic rings. The van der Waals surface area contributed by atoms with Gasteiger partial charge in [0.15, 0.2) is 0 Å². The Morgan fingerprint density at radius 2 is 1.67 bits per heavy atom. The molecule has 0 aliphatic rings. The Hall–Kier alpha value is -0.640. The van der Waals surface area contributed by atoms with Crippen molar-refractivity contribution in [3.05, 3.63) is 0 Å². The van der Waals surface area contributed by atoms with Crippen LogP contribution in [-0.2, 0) is 0 Å². The van der Waals surface area contributed by atoms with Gasteiger partial charge in [0.25, 0.3) is 0 Å². The maximum atomic E-state index is 9.52. The molecule has 0 amide bonds. The van der Waals surface area contributed by atoms with Crippen LogP contribution in [0.5, 0.6) is 0 Å². The van der Waals surface area contributed by atoms with E-state index in [2.05, 4.69) is 5.92 Å². The first kappa shape index (κ1) is 14.4. The fourth-order valence-electron chi connectivity index (χ4n) is 1.23. The van der Waals surface area contributed by atoms with Crippen molar-refractivity contribution in [1.29, 1.82) is 5.26 Å². The van der Waals surface area contributed by atoms with Crippen LogP contribution in [0.4, 0.5) is 0 Å². The van der Waals surface area contributed by atoms with Gasteiger partial charge in [-0.05, 0) is 0 Å². The van der Waals surface area contributed by atoms with E-state index in [1.54, 1.807) is 6.07 Å². The monoisotopic (exact) mass is 231 g/mol. The summed E-state index contributed by atoms with van der Waals surface area (Å²) in [5.74, 6) is 2.49. The van der Waals surface area contributed by atoms with Crippen LogP contribution in [0, 0.1) is 23.7 Å². The molecule has 3 N–H and O–H groups in total. The minimum atomic E-state index is -4.52. The van der Waals surface area contributed by atoms with Gasteiger partial charge in [0, 0.05) is 0 Å². The van der Waals surface area contributed by atoms with Crippen molar-refractivity contribution in [3.63, 3.8) is 0 Å². The van der Waals surface area contributed by atoms with E-state index in [4.69, 9.17) is 11.7 Å². The molecule has 86 valence electrons. The number of terminal acetylenes is 1. The summed E-state index contributed by atoms with van der Waals surface area (Å²) in [6.07, 6.45) is 7.54. The van der Waals surface area contributed by atoms with Crippen molar-refractivity contribution in [2.45, 2.75) is 32.1 Å². The summed E-state index contributed by atoms with van der Waals surface area (Å²) in [5.41, 5.74) is 0. The first-order valence-electron chi connectivity index (χ1n) is 4.95. The van der Waals surface area contributed by atoms with Crippen LogP contribution >= 0.6 is 7.28 Å². The van der Waals surface area contributed by atoms with Gasteiger partial charge in [-0.25, -0.2) is 0 Å². The molecule has 0 bridgehead atoms. The van der Waals surface area contributed by atoms with Crippen LogP contribution in [0.15, 0.2) is 0 Å². The Balaban J connectivity index is 3.82. The van der Waals surface area contributed by atoms with Crippen LogP contribution in [0.3, 0.4) is 0 Å². The third-order valence-electron chi connectivity index (χ3n) is 2.12. The van der Waals surface area contributed by atoms with E-state index in [1.165, 1.54) is 0 Å². The fourth-order valence-corrected chi connectivity index (χ4v) is 2.88. The molecule has 0 unspecified atom stereocenters. The van der Waals surface area contributed by atoms with Crippen LogP contribution in [0.1, 0.15) is 32.1 Å². The second-order valence-corrected chi connectivity index (χ2v) is 7.29. The molecule has 0 aliphatic carbocycles. The predicted molar refractivity (Wildman–Crippen MR) is 60.8 cm³/mol. The Morgan fingerprint density at radius 1 is 1.00 bits per heavy atom. The van der Waals surface area contributed by atoms with Gasteiger partial charge in [-0.1, -0.05) is 0 Å². The van der Waals surface area contributed by atoms with Crippen LogP contribution in [0.25, 0.3) is 0 Å². The van der Waals surface area contributed by atoms with Crippen molar-refractivity contribution in [1.82, 2.24) is 0 Å². The van der Waals surface area contributed by atoms with E-state index < -0.39 is 7.28 Å². The summed E-state index contributed by atoms with van der Waals surface area (Å²) in [5, 5.41) is 8.30. The van der Waals surface area contributed by atoms with Gasteiger partial charge >= 0.3 is 90.1 Å². The standard InChI is InChI=1S/C10H18NO3P/c1-2-3-4-5-6-9-15(12,13,14)10-7-8-11/h1,12-14H,3-7,9-10H2. The summed E-state index contributed by atoms with van der Waals surface area (Å²) in [7, 11) is -4.52. The summed E-state index contributed by atoms with van der Waals surface area (Å²) in [6.45, 7) is 0. The molecule has 0 saturated carbocycles. The number of nitriles is 1. The van der Waals surface area contributed by atoms with E-state index >= 15 is 0 Å². The van der Waals surface area contributed by atoms with Crippen LogP contribution in [0.2, 0.25) is 0 Å². The number of hydrogen-bond acceptors (Lipinski definition) is 4. The topological polar surface area (TPSA) is 84.5 Å². The van der Waals surface area contributed by atoms with Crippen molar-refractivity contribution < 1.29 is 14.7 Å². The second-order valence-electron chi connectivity index (χ2n) is 3.71. The third kappa shape index (κ3) is 8.36. The van der Waals surface area contributed by atoms with E-state index in [0.717, 1.165) is 12.8 Å². The Bertz CT molecular complexity index is 269. The van der Waals surface area contributed by atoms with Gasteiger partial charge in [0.1, 0.15) is 0 Å². The summed E-state index contributed by atoms with van der Waals surface area (Å²) in [6, 6.07) is 1.79. The zero-order valence-electron chi connectivity index (χ0n) is 8.76. The molecule has 0 spiro atoms. The number of unbranched alkanes of at least 4 members (excludes halogenated alkanes) is 3. The first-order valence-corrected chi connectivity index (χ1v) is 7.42. The van der Waals surface area contributed by atoms with Gasteiger partial charge < -0.3 is 0 Å². The van der Waals surface area contributed by atoms with Crippen molar-refractivity contribution in [3.8, 4) is 18.4 Å². The average molecular weight is 231 g/mol. The third-order valence-corrected chi connectivity index (χ3v) is 4.49. The quantitative estimate of drug-likeness (QED) is 0.351. The first-order chi connectivity index (χ1) is 6.89.